The normalized spacial score (nSPS) is 17.8. The van der Waals surface area contributed by atoms with Gasteiger partial charge in [-0.2, -0.15) is 9.36 Å². The van der Waals surface area contributed by atoms with Crippen LogP contribution in [0.25, 0.3) is 0 Å². The highest BCUT2D eigenvalue weighted by atomic mass is 32.2. The molecule has 0 bridgehead atoms. The largest absolute Gasteiger partial charge is 0.444 e. The smallest absolute Gasteiger partial charge is 0.407 e. The van der Waals surface area contributed by atoms with Crippen molar-refractivity contribution >= 4 is 64.0 Å². The number of carbonyl (C=O) groups excluding carboxylic acids is 5. The van der Waals surface area contributed by atoms with Gasteiger partial charge in [-0.25, -0.2) is 9.59 Å². The Balaban J connectivity index is 1.37. The van der Waals surface area contributed by atoms with Crippen molar-refractivity contribution in [3.63, 3.8) is 0 Å². The zero-order chi connectivity index (χ0) is 36.1. The number of rotatable bonds is 11. The van der Waals surface area contributed by atoms with E-state index >= 15 is 0 Å². The third kappa shape index (κ3) is 9.69. The molecule has 2 atom stereocenters. The molecular weight excluding hydrogens is 679 g/mol. The second-order valence-corrected chi connectivity index (χ2v) is 15.0. The van der Waals surface area contributed by atoms with Crippen LogP contribution in [0.3, 0.4) is 0 Å². The van der Waals surface area contributed by atoms with Crippen molar-refractivity contribution in [1.29, 1.82) is 0 Å². The first-order chi connectivity index (χ1) is 22.9. The molecule has 1 saturated heterocycles. The second-order valence-electron chi connectivity index (χ2n) is 13.1. The summed E-state index contributed by atoms with van der Waals surface area (Å²) < 4.78 is 19.5. The van der Waals surface area contributed by atoms with Gasteiger partial charge in [0.25, 0.3) is 11.8 Å². The summed E-state index contributed by atoms with van der Waals surface area (Å²) in [6.07, 6.45) is -0.528. The van der Waals surface area contributed by atoms with E-state index in [0.29, 0.717) is 16.9 Å². The minimum absolute atomic E-state index is 0.0224. The molecule has 0 saturated carbocycles. The highest BCUT2D eigenvalue weighted by Crippen LogP contribution is 2.40. The maximum absolute atomic E-state index is 13.4. The number of alkyl carbamates (subject to hydrolysis) is 1. The van der Waals surface area contributed by atoms with Crippen molar-refractivity contribution in [3.8, 4) is 0 Å². The predicted molar refractivity (Wildman–Crippen MR) is 179 cm³/mol. The molecule has 0 aliphatic carbocycles. The Morgan fingerprint density at radius 2 is 1.73 bits per heavy atom. The topological polar surface area (TPSA) is 214 Å². The van der Waals surface area contributed by atoms with Crippen molar-refractivity contribution in [1.82, 2.24) is 24.9 Å². The van der Waals surface area contributed by atoms with Gasteiger partial charge in [-0.3, -0.25) is 19.3 Å². The molecule has 3 heterocycles. The van der Waals surface area contributed by atoms with Crippen LogP contribution in [0.4, 0.5) is 9.93 Å². The Morgan fingerprint density at radius 1 is 1.06 bits per heavy atom. The number of anilines is 1. The zero-order valence-corrected chi connectivity index (χ0v) is 29.8. The molecule has 4 N–H and O–H groups in total. The molecule has 1 aromatic heterocycles. The summed E-state index contributed by atoms with van der Waals surface area (Å²) in [4.78, 5) is 74.3. The van der Waals surface area contributed by atoms with E-state index in [9.17, 15) is 24.0 Å². The molecule has 4 rings (SSSR count). The number of nitrogen functional groups attached to an aromatic ring is 1. The van der Waals surface area contributed by atoms with Crippen molar-refractivity contribution in [2.75, 3.05) is 18.3 Å². The Bertz CT molecular complexity index is 1660. The van der Waals surface area contributed by atoms with Crippen molar-refractivity contribution in [2.45, 2.75) is 78.6 Å². The summed E-state index contributed by atoms with van der Waals surface area (Å²) in [6, 6.07) is 6.13. The number of thioether (sulfide) groups is 1. The van der Waals surface area contributed by atoms with Crippen LogP contribution in [0, 0.1) is 5.41 Å². The molecule has 16 nitrogen and oxygen atoms in total. The maximum atomic E-state index is 13.4. The SMILES string of the molecule is CC1=C(C(=O)OCOC(=O)C(C)(C)C)N2C(=O)C(NC(=O)/C(=N/OCc3ccc(CNC(=O)OC(C)(C)C)cc3)c3nsc(N)n3)[C@H]2SC1. The van der Waals surface area contributed by atoms with Crippen LogP contribution in [-0.2, 0) is 51.4 Å². The summed E-state index contributed by atoms with van der Waals surface area (Å²) >= 11 is 2.21. The van der Waals surface area contributed by atoms with E-state index in [1.807, 2.05) is 0 Å². The highest BCUT2D eigenvalue weighted by Gasteiger charge is 2.54. The number of nitrogens with two attached hydrogens (primary N) is 1. The lowest BCUT2D eigenvalue weighted by atomic mass is 9.98. The zero-order valence-electron chi connectivity index (χ0n) is 28.1. The first-order valence-electron chi connectivity index (χ1n) is 15.1. The number of amides is 3. The summed E-state index contributed by atoms with van der Waals surface area (Å²) in [6.45, 7) is 11.7. The van der Waals surface area contributed by atoms with E-state index in [0.717, 1.165) is 17.1 Å². The van der Waals surface area contributed by atoms with Crippen LogP contribution in [0.15, 0.2) is 40.7 Å². The van der Waals surface area contributed by atoms with Crippen LogP contribution in [0.5, 0.6) is 0 Å². The number of β-lactam (4-membered cyclic amide) rings is 1. The molecule has 264 valence electrons. The molecule has 49 heavy (non-hydrogen) atoms. The molecule has 0 spiro atoms. The number of aromatic nitrogens is 2. The van der Waals surface area contributed by atoms with E-state index < -0.39 is 59.1 Å². The van der Waals surface area contributed by atoms with E-state index in [-0.39, 0.29) is 35.5 Å². The van der Waals surface area contributed by atoms with E-state index in [4.69, 9.17) is 24.8 Å². The molecule has 0 radical (unpaired) electrons. The third-order valence-electron chi connectivity index (χ3n) is 6.75. The van der Waals surface area contributed by atoms with Gasteiger partial charge in [-0.1, -0.05) is 29.4 Å². The van der Waals surface area contributed by atoms with Crippen molar-refractivity contribution < 1.29 is 43.0 Å². The number of ether oxygens (including phenoxy) is 3. The lowest BCUT2D eigenvalue weighted by molar-refractivity contribution is -0.173. The molecule has 1 aromatic carbocycles. The monoisotopic (exact) mass is 717 g/mol. The molecule has 1 fully saturated rings. The predicted octanol–water partition coefficient (Wildman–Crippen LogP) is 2.83. The molecule has 18 heteroatoms. The minimum atomic E-state index is -1.00. The molecule has 3 amide bonds. The van der Waals surface area contributed by atoms with Gasteiger partial charge < -0.3 is 35.4 Å². The quantitative estimate of drug-likeness (QED) is 0.100. The molecular formula is C31H39N7O9S2. The minimum Gasteiger partial charge on any atom is -0.444 e. The van der Waals surface area contributed by atoms with Crippen LogP contribution < -0.4 is 16.4 Å². The van der Waals surface area contributed by atoms with Gasteiger partial charge in [0.2, 0.25) is 18.3 Å². The summed E-state index contributed by atoms with van der Waals surface area (Å²) in [5, 5.41) is 8.80. The number of oxime groups is 1. The van der Waals surface area contributed by atoms with Gasteiger partial charge in [-0.05, 0) is 65.2 Å². The average molecular weight is 718 g/mol. The first kappa shape index (κ1) is 37.1. The van der Waals surface area contributed by atoms with Gasteiger partial charge in [0, 0.05) is 23.8 Å². The van der Waals surface area contributed by atoms with E-state index in [1.54, 1.807) is 72.7 Å². The Labute approximate surface area is 291 Å². The van der Waals surface area contributed by atoms with Gasteiger partial charge in [0.15, 0.2) is 5.13 Å². The Hall–Kier alpha value is -4.71. The lowest BCUT2D eigenvalue weighted by Gasteiger charge is -2.49. The van der Waals surface area contributed by atoms with Crippen LogP contribution in [0.1, 0.15) is 65.4 Å². The number of carbonyl (C=O) groups is 5. The third-order valence-corrected chi connectivity index (χ3v) is 8.71. The summed E-state index contributed by atoms with van der Waals surface area (Å²) in [5.41, 5.74) is 6.22. The number of esters is 2. The highest BCUT2D eigenvalue weighted by molar-refractivity contribution is 8.00. The number of nitrogens with zero attached hydrogens (tertiary/aromatic N) is 4. The molecule has 1 unspecified atom stereocenters. The number of hydrogen-bond donors (Lipinski definition) is 3. The number of benzene rings is 1. The van der Waals surface area contributed by atoms with E-state index in [1.165, 1.54) is 16.7 Å². The van der Waals surface area contributed by atoms with Crippen molar-refractivity contribution in [3.05, 3.63) is 52.5 Å². The molecule has 2 aliphatic rings. The first-order valence-corrected chi connectivity index (χ1v) is 16.9. The van der Waals surface area contributed by atoms with Gasteiger partial charge in [0.05, 0.1) is 5.41 Å². The van der Waals surface area contributed by atoms with Crippen molar-refractivity contribution in [2.24, 2.45) is 10.6 Å². The maximum Gasteiger partial charge on any atom is 0.407 e. The van der Waals surface area contributed by atoms with Gasteiger partial charge >= 0.3 is 18.0 Å². The number of nitrogens with one attached hydrogen (secondary N) is 2. The Kier molecular flexibility index (Phi) is 11.5. The fourth-order valence-corrected chi connectivity index (χ4v) is 6.05. The molecule has 2 aromatic rings. The Morgan fingerprint density at radius 3 is 2.35 bits per heavy atom. The standard InChI is InChI=1S/C31H39N7O9S2/c1-16-14-48-25-20(24(40)38(25)21(16)26(41)44-15-45-27(42)30(2,3)4)34-23(39)19(22-35-28(32)49-37-22)36-46-13-18-10-8-17(9-11-18)12-33-29(43)47-31(5,6)7/h8-11,20,25H,12-15H2,1-7H3,(H,33,43)(H,34,39)(H2,32,35,37)/b36-19+/t20?,25-/m1/s1. The fourth-order valence-electron chi connectivity index (χ4n) is 4.32. The van der Waals surface area contributed by atoms with Gasteiger partial charge in [0.1, 0.15) is 29.3 Å². The second kappa shape index (κ2) is 15.2. The molecule has 2 aliphatic heterocycles. The van der Waals surface area contributed by atoms with Gasteiger partial charge in [-0.15, -0.1) is 11.8 Å². The van der Waals surface area contributed by atoms with Crippen LogP contribution >= 0.6 is 23.3 Å². The van der Waals surface area contributed by atoms with E-state index in [2.05, 4.69) is 25.1 Å². The number of hydrogen-bond acceptors (Lipinski definition) is 15. The summed E-state index contributed by atoms with van der Waals surface area (Å²) in [5.74, 6) is -2.41. The summed E-state index contributed by atoms with van der Waals surface area (Å²) in [7, 11) is 0. The lowest BCUT2D eigenvalue weighted by Crippen LogP contribution is -2.71. The fraction of sp³-hybridized carbons (Fsp3) is 0.484. The van der Waals surface area contributed by atoms with Crippen LogP contribution in [0.2, 0.25) is 0 Å². The van der Waals surface area contributed by atoms with Crippen LogP contribution in [-0.4, -0.2) is 79.4 Å². The number of fused-ring (bicyclic) bond motifs is 1. The average Bonchev–Trinajstić information content (AvgIpc) is 3.45.